The van der Waals surface area contributed by atoms with Crippen molar-refractivity contribution in [1.82, 2.24) is 0 Å². The summed E-state index contributed by atoms with van der Waals surface area (Å²) in [5.41, 5.74) is 1.32. The fraction of sp³-hybridized carbons (Fsp3) is 0.571. The van der Waals surface area contributed by atoms with Crippen LogP contribution in [0, 0.1) is 0 Å². The summed E-state index contributed by atoms with van der Waals surface area (Å²) in [7, 11) is 0. The van der Waals surface area contributed by atoms with Gasteiger partial charge in [-0.25, -0.2) is 0 Å². The lowest BCUT2D eigenvalue weighted by Gasteiger charge is -2.10. The minimum Gasteiger partial charge on any atom is -0.493 e. The first-order valence-electron chi connectivity index (χ1n) is 6.04. The fourth-order valence-electron chi connectivity index (χ4n) is 1.47. The molecule has 0 aliphatic rings. The van der Waals surface area contributed by atoms with Crippen molar-refractivity contribution in [3.8, 4) is 5.75 Å². The van der Waals surface area contributed by atoms with Crippen LogP contribution >= 0.6 is 0 Å². The Morgan fingerprint density at radius 1 is 1.19 bits per heavy atom. The van der Waals surface area contributed by atoms with E-state index in [1.165, 1.54) is 5.56 Å². The highest BCUT2D eigenvalue weighted by Crippen LogP contribution is 2.18. The topological polar surface area (TPSA) is 29.5 Å². The molecule has 0 saturated heterocycles. The molecule has 0 aromatic heterocycles. The summed E-state index contributed by atoms with van der Waals surface area (Å²) in [6.07, 6.45) is 1.24. The minimum absolute atomic E-state index is 0.241. The molecule has 1 unspecified atom stereocenters. The largest absolute Gasteiger partial charge is 0.493 e. The van der Waals surface area contributed by atoms with Crippen LogP contribution in [-0.2, 0) is 0 Å². The molecule has 16 heavy (non-hydrogen) atoms. The van der Waals surface area contributed by atoms with Crippen molar-refractivity contribution in [3.63, 3.8) is 0 Å². The number of aliphatic hydroxyl groups excluding tert-OH is 1. The molecule has 2 heteroatoms. The summed E-state index contributed by atoms with van der Waals surface area (Å²) in [6, 6.07) is 8.17. The maximum Gasteiger partial charge on any atom is 0.119 e. The van der Waals surface area contributed by atoms with Crippen molar-refractivity contribution in [3.05, 3.63) is 29.8 Å². The molecule has 1 N–H and O–H groups in total. The predicted molar refractivity (Wildman–Crippen MR) is 66.9 cm³/mol. The first kappa shape index (κ1) is 13.0. The molecule has 0 heterocycles. The summed E-state index contributed by atoms with van der Waals surface area (Å²) in [6.45, 7) is 6.90. The summed E-state index contributed by atoms with van der Waals surface area (Å²) >= 11 is 0. The molecule has 0 amide bonds. The molecule has 0 spiro atoms. The molecule has 0 saturated carbocycles. The van der Waals surface area contributed by atoms with Crippen LogP contribution < -0.4 is 4.74 Å². The van der Waals surface area contributed by atoms with Crippen LogP contribution in [-0.4, -0.2) is 17.8 Å². The van der Waals surface area contributed by atoms with Crippen molar-refractivity contribution in [2.45, 2.75) is 45.6 Å². The molecule has 1 atom stereocenters. The van der Waals surface area contributed by atoms with Gasteiger partial charge in [0.05, 0.1) is 12.7 Å². The number of rotatable bonds is 6. The lowest BCUT2D eigenvalue weighted by atomic mass is 10.0. The number of ether oxygens (including phenoxy) is 1. The highest BCUT2D eigenvalue weighted by molar-refractivity contribution is 5.28. The summed E-state index contributed by atoms with van der Waals surface area (Å²) in [4.78, 5) is 0. The van der Waals surface area contributed by atoms with Crippen molar-refractivity contribution >= 4 is 0 Å². The minimum atomic E-state index is -0.241. The molecule has 2 nitrogen and oxygen atoms in total. The van der Waals surface area contributed by atoms with E-state index in [9.17, 15) is 5.11 Å². The van der Waals surface area contributed by atoms with Crippen LogP contribution in [0.25, 0.3) is 0 Å². The molecule has 1 aromatic carbocycles. The zero-order valence-corrected chi connectivity index (χ0v) is 10.4. The van der Waals surface area contributed by atoms with Crippen molar-refractivity contribution < 1.29 is 9.84 Å². The predicted octanol–water partition coefficient (Wildman–Crippen LogP) is 3.35. The Balaban J connectivity index is 2.38. The van der Waals surface area contributed by atoms with E-state index in [1.54, 1.807) is 0 Å². The Bertz CT molecular complexity index is 290. The Labute approximate surface area is 98.3 Å². The third kappa shape index (κ3) is 4.23. The van der Waals surface area contributed by atoms with Crippen LogP contribution in [0.4, 0.5) is 0 Å². The Morgan fingerprint density at radius 2 is 1.81 bits per heavy atom. The first-order valence-corrected chi connectivity index (χ1v) is 6.04. The van der Waals surface area contributed by atoms with Gasteiger partial charge < -0.3 is 9.84 Å². The number of benzene rings is 1. The van der Waals surface area contributed by atoms with Gasteiger partial charge in [-0.2, -0.15) is 0 Å². The third-order valence-electron chi connectivity index (χ3n) is 2.74. The fourth-order valence-corrected chi connectivity index (χ4v) is 1.47. The van der Waals surface area contributed by atoms with Gasteiger partial charge in [0.15, 0.2) is 0 Å². The van der Waals surface area contributed by atoms with Gasteiger partial charge >= 0.3 is 0 Å². The number of hydrogen-bond donors (Lipinski definition) is 1. The molecule has 0 aliphatic heterocycles. The van der Waals surface area contributed by atoms with Gasteiger partial charge in [-0.05, 0) is 30.0 Å². The van der Waals surface area contributed by atoms with Crippen LogP contribution in [0.1, 0.15) is 45.1 Å². The standard InChI is InChI=1S/C14H22O2/c1-4-13(15)9-10-16-14-7-5-12(6-8-14)11(2)3/h5-8,11,13,15H,4,9-10H2,1-3H3. The second-order valence-electron chi connectivity index (χ2n) is 4.42. The highest BCUT2D eigenvalue weighted by Gasteiger charge is 2.02. The van der Waals surface area contributed by atoms with Crippen LogP contribution in [0.2, 0.25) is 0 Å². The Kier molecular flexibility index (Phi) is 5.33. The molecule has 0 fully saturated rings. The monoisotopic (exact) mass is 222 g/mol. The van der Waals surface area contributed by atoms with E-state index in [4.69, 9.17) is 4.74 Å². The second kappa shape index (κ2) is 6.54. The lowest BCUT2D eigenvalue weighted by Crippen LogP contribution is -2.10. The second-order valence-corrected chi connectivity index (χ2v) is 4.42. The number of aliphatic hydroxyl groups is 1. The summed E-state index contributed by atoms with van der Waals surface area (Å²) in [5, 5.41) is 9.37. The first-order chi connectivity index (χ1) is 7.63. The molecule has 0 aliphatic carbocycles. The van der Waals surface area contributed by atoms with Gasteiger partial charge in [-0.15, -0.1) is 0 Å². The van der Waals surface area contributed by atoms with E-state index in [0.29, 0.717) is 18.9 Å². The maximum atomic E-state index is 9.37. The van der Waals surface area contributed by atoms with Gasteiger partial charge in [0.2, 0.25) is 0 Å². The lowest BCUT2D eigenvalue weighted by molar-refractivity contribution is 0.135. The Hall–Kier alpha value is -1.02. The average Bonchev–Trinajstić information content (AvgIpc) is 2.29. The van der Waals surface area contributed by atoms with E-state index < -0.39 is 0 Å². The molecule has 1 rings (SSSR count). The van der Waals surface area contributed by atoms with Gasteiger partial charge in [-0.3, -0.25) is 0 Å². The molecule has 0 bridgehead atoms. The average molecular weight is 222 g/mol. The maximum absolute atomic E-state index is 9.37. The highest BCUT2D eigenvalue weighted by atomic mass is 16.5. The van der Waals surface area contributed by atoms with Gasteiger partial charge in [-0.1, -0.05) is 32.9 Å². The van der Waals surface area contributed by atoms with E-state index in [-0.39, 0.29) is 6.10 Å². The zero-order chi connectivity index (χ0) is 12.0. The molecule has 0 radical (unpaired) electrons. The van der Waals surface area contributed by atoms with Crippen LogP contribution in [0.3, 0.4) is 0 Å². The van der Waals surface area contributed by atoms with Gasteiger partial charge in [0.25, 0.3) is 0 Å². The van der Waals surface area contributed by atoms with E-state index in [2.05, 4.69) is 26.0 Å². The van der Waals surface area contributed by atoms with Crippen molar-refractivity contribution in [1.29, 1.82) is 0 Å². The molecular formula is C14H22O2. The summed E-state index contributed by atoms with van der Waals surface area (Å²) in [5.74, 6) is 1.43. The SMILES string of the molecule is CCC(O)CCOc1ccc(C(C)C)cc1. The van der Waals surface area contributed by atoms with E-state index >= 15 is 0 Å². The van der Waals surface area contributed by atoms with Crippen molar-refractivity contribution in [2.24, 2.45) is 0 Å². The number of hydrogen-bond acceptors (Lipinski definition) is 2. The quantitative estimate of drug-likeness (QED) is 0.799. The van der Waals surface area contributed by atoms with E-state index in [1.807, 2.05) is 19.1 Å². The Morgan fingerprint density at radius 3 is 2.31 bits per heavy atom. The van der Waals surface area contributed by atoms with Gasteiger partial charge in [0.1, 0.15) is 5.75 Å². The van der Waals surface area contributed by atoms with Crippen LogP contribution in [0.5, 0.6) is 5.75 Å². The third-order valence-corrected chi connectivity index (χ3v) is 2.74. The molecule has 1 aromatic rings. The summed E-state index contributed by atoms with van der Waals surface area (Å²) < 4.78 is 5.55. The van der Waals surface area contributed by atoms with Crippen LogP contribution in [0.15, 0.2) is 24.3 Å². The smallest absolute Gasteiger partial charge is 0.119 e. The van der Waals surface area contributed by atoms with E-state index in [0.717, 1.165) is 12.2 Å². The zero-order valence-electron chi connectivity index (χ0n) is 10.4. The normalized spacial score (nSPS) is 12.8. The van der Waals surface area contributed by atoms with Gasteiger partial charge in [0, 0.05) is 6.42 Å². The molecular weight excluding hydrogens is 200 g/mol. The van der Waals surface area contributed by atoms with Crippen molar-refractivity contribution in [2.75, 3.05) is 6.61 Å². The molecule has 90 valence electrons.